The molecule has 138 valence electrons. The first-order valence-corrected chi connectivity index (χ1v) is 8.19. The lowest BCUT2D eigenvalue weighted by Gasteiger charge is -2.51. The molecule has 1 aromatic rings. The Kier molecular flexibility index (Phi) is 4.92. The zero-order chi connectivity index (χ0) is 18.1. The first-order valence-electron chi connectivity index (χ1n) is 8.19. The van der Waals surface area contributed by atoms with Crippen LogP contribution in [0.4, 0.5) is 13.2 Å². The van der Waals surface area contributed by atoms with Gasteiger partial charge in [0, 0.05) is 33.4 Å². The molecular formula is C17H21F3N2O3. The van der Waals surface area contributed by atoms with Crippen LogP contribution in [0.15, 0.2) is 24.3 Å². The van der Waals surface area contributed by atoms with Gasteiger partial charge >= 0.3 is 6.36 Å². The molecule has 0 aromatic heterocycles. The largest absolute Gasteiger partial charge is 0.573 e. The molecule has 1 amide bonds. The fourth-order valence-electron chi connectivity index (χ4n) is 3.55. The minimum absolute atomic E-state index is 0.0603. The van der Waals surface area contributed by atoms with Gasteiger partial charge in [0.2, 0.25) is 5.91 Å². The van der Waals surface area contributed by atoms with E-state index in [0.717, 1.165) is 24.9 Å². The van der Waals surface area contributed by atoms with Gasteiger partial charge in [0.1, 0.15) is 5.75 Å². The van der Waals surface area contributed by atoms with Crippen molar-refractivity contribution in [1.29, 1.82) is 0 Å². The molecule has 0 atom stereocenters. The molecule has 2 aliphatic rings. The van der Waals surface area contributed by atoms with E-state index < -0.39 is 6.36 Å². The number of piperazine rings is 1. The van der Waals surface area contributed by atoms with Crippen LogP contribution in [0, 0.1) is 0 Å². The third-order valence-corrected chi connectivity index (χ3v) is 4.95. The van der Waals surface area contributed by atoms with Crippen LogP contribution in [0.1, 0.15) is 18.4 Å². The standard InChI is InChI=1S/C17H21F3N2O3/c1-21-15(23)11-22(12-16(21)6-8-24-9-7-16)10-13-2-4-14(5-3-13)25-17(18,19)20/h2-5H,6-12H2,1H3. The second-order valence-electron chi connectivity index (χ2n) is 6.63. The highest BCUT2D eigenvalue weighted by Gasteiger charge is 2.44. The third-order valence-electron chi connectivity index (χ3n) is 4.95. The van der Waals surface area contributed by atoms with E-state index in [9.17, 15) is 18.0 Å². The molecular weight excluding hydrogens is 337 g/mol. The summed E-state index contributed by atoms with van der Waals surface area (Å²) in [7, 11) is 1.84. The maximum absolute atomic E-state index is 12.4. The van der Waals surface area contributed by atoms with E-state index in [0.29, 0.717) is 26.3 Å². The minimum atomic E-state index is -4.69. The molecule has 1 spiro atoms. The Morgan fingerprint density at radius 1 is 1.20 bits per heavy atom. The lowest BCUT2D eigenvalue weighted by Crippen LogP contribution is -2.64. The normalized spacial score (nSPS) is 21.6. The first-order chi connectivity index (χ1) is 11.8. The fourth-order valence-corrected chi connectivity index (χ4v) is 3.55. The van der Waals surface area contributed by atoms with Crippen molar-refractivity contribution in [3.8, 4) is 5.75 Å². The van der Waals surface area contributed by atoms with Gasteiger partial charge in [0.25, 0.3) is 0 Å². The predicted octanol–water partition coefficient (Wildman–Crippen LogP) is 2.41. The van der Waals surface area contributed by atoms with Crippen molar-refractivity contribution in [2.45, 2.75) is 31.3 Å². The van der Waals surface area contributed by atoms with E-state index in [1.54, 1.807) is 12.1 Å². The van der Waals surface area contributed by atoms with Crippen LogP contribution in [-0.2, 0) is 16.1 Å². The van der Waals surface area contributed by atoms with Crippen molar-refractivity contribution >= 4 is 5.91 Å². The van der Waals surface area contributed by atoms with E-state index in [1.807, 2.05) is 16.8 Å². The number of hydrogen-bond donors (Lipinski definition) is 0. The SMILES string of the molecule is CN1C(=O)CN(Cc2ccc(OC(F)(F)F)cc2)CC12CCOCC2. The number of likely N-dealkylation sites (N-methyl/N-ethyl adjacent to an activating group) is 1. The number of alkyl halides is 3. The molecule has 1 aromatic carbocycles. The number of carbonyl (C=O) groups is 1. The molecule has 5 nitrogen and oxygen atoms in total. The van der Waals surface area contributed by atoms with Gasteiger partial charge in [-0.15, -0.1) is 13.2 Å². The summed E-state index contributed by atoms with van der Waals surface area (Å²) in [6, 6.07) is 5.79. The summed E-state index contributed by atoms with van der Waals surface area (Å²) in [6.07, 6.45) is -3.10. The van der Waals surface area contributed by atoms with Crippen LogP contribution >= 0.6 is 0 Å². The second kappa shape index (κ2) is 6.84. The second-order valence-corrected chi connectivity index (χ2v) is 6.63. The van der Waals surface area contributed by atoms with Gasteiger partial charge < -0.3 is 14.4 Å². The van der Waals surface area contributed by atoms with Gasteiger partial charge in [-0.25, -0.2) is 0 Å². The molecule has 0 aliphatic carbocycles. The summed E-state index contributed by atoms with van der Waals surface area (Å²) in [5, 5.41) is 0. The molecule has 8 heteroatoms. The van der Waals surface area contributed by atoms with Crippen LogP contribution in [0.3, 0.4) is 0 Å². The van der Waals surface area contributed by atoms with Crippen LogP contribution in [0.5, 0.6) is 5.75 Å². The number of carbonyl (C=O) groups excluding carboxylic acids is 1. The number of halogens is 3. The molecule has 0 saturated carbocycles. The highest BCUT2D eigenvalue weighted by atomic mass is 19.4. The van der Waals surface area contributed by atoms with Crippen molar-refractivity contribution < 1.29 is 27.4 Å². The molecule has 0 radical (unpaired) electrons. The van der Waals surface area contributed by atoms with Crippen molar-refractivity contribution in [1.82, 2.24) is 9.80 Å². The van der Waals surface area contributed by atoms with Gasteiger partial charge in [-0.2, -0.15) is 0 Å². The predicted molar refractivity (Wildman–Crippen MR) is 84.0 cm³/mol. The number of nitrogens with zero attached hydrogens (tertiary/aromatic N) is 2. The average Bonchev–Trinajstić information content (AvgIpc) is 2.54. The van der Waals surface area contributed by atoms with E-state index in [-0.39, 0.29) is 17.2 Å². The summed E-state index contributed by atoms with van der Waals surface area (Å²) in [4.78, 5) is 16.3. The molecule has 0 unspecified atom stereocenters. The van der Waals surface area contributed by atoms with E-state index >= 15 is 0 Å². The maximum atomic E-state index is 12.4. The van der Waals surface area contributed by atoms with Crippen LogP contribution in [0.25, 0.3) is 0 Å². The Hall–Kier alpha value is -1.80. The number of rotatable bonds is 3. The van der Waals surface area contributed by atoms with Gasteiger partial charge in [0.15, 0.2) is 0 Å². The van der Waals surface area contributed by atoms with Gasteiger partial charge in [0.05, 0.1) is 12.1 Å². The zero-order valence-corrected chi connectivity index (χ0v) is 14.0. The van der Waals surface area contributed by atoms with Crippen LogP contribution in [0.2, 0.25) is 0 Å². The number of benzene rings is 1. The molecule has 2 fully saturated rings. The summed E-state index contributed by atoms with van der Waals surface area (Å²) in [5.41, 5.74) is 0.626. The summed E-state index contributed by atoms with van der Waals surface area (Å²) >= 11 is 0. The Morgan fingerprint density at radius 3 is 2.44 bits per heavy atom. The Balaban J connectivity index is 1.67. The number of ether oxygens (including phenoxy) is 2. The highest BCUT2D eigenvalue weighted by molar-refractivity contribution is 5.79. The van der Waals surface area contributed by atoms with Crippen LogP contribution in [-0.4, -0.2) is 61.0 Å². The molecule has 0 N–H and O–H groups in total. The topological polar surface area (TPSA) is 42.0 Å². The number of hydrogen-bond acceptors (Lipinski definition) is 4. The lowest BCUT2D eigenvalue weighted by atomic mass is 9.85. The summed E-state index contributed by atoms with van der Waals surface area (Å²) < 4.78 is 45.9. The van der Waals surface area contributed by atoms with E-state index in [4.69, 9.17) is 4.74 Å². The molecule has 0 bridgehead atoms. The highest BCUT2D eigenvalue weighted by Crippen LogP contribution is 2.32. The van der Waals surface area contributed by atoms with Crippen molar-refractivity contribution in [3.05, 3.63) is 29.8 Å². The molecule has 3 rings (SSSR count). The molecule has 2 saturated heterocycles. The van der Waals surface area contributed by atoms with Gasteiger partial charge in [-0.1, -0.05) is 12.1 Å². The summed E-state index contributed by atoms with van der Waals surface area (Å²) in [6.45, 7) is 2.82. The summed E-state index contributed by atoms with van der Waals surface area (Å²) in [5.74, 6) is -0.184. The van der Waals surface area contributed by atoms with Crippen molar-refractivity contribution in [3.63, 3.8) is 0 Å². The lowest BCUT2D eigenvalue weighted by molar-refractivity contribution is -0.274. The van der Waals surface area contributed by atoms with E-state index in [2.05, 4.69) is 4.74 Å². The minimum Gasteiger partial charge on any atom is -0.406 e. The van der Waals surface area contributed by atoms with Crippen LogP contribution < -0.4 is 4.74 Å². The average molecular weight is 358 g/mol. The quantitative estimate of drug-likeness (QED) is 0.832. The fraction of sp³-hybridized carbons (Fsp3) is 0.588. The third kappa shape index (κ3) is 4.24. The first kappa shape index (κ1) is 18.0. The molecule has 25 heavy (non-hydrogen) atoms. The Bertz CT molecular complexity index is 613. The van der Waals surface area contributed by atoms with Gasteiger partial charge in [-0.05, 0) is 30.5 Å². The van der Waals surface area contributed by atoms with Crippen molar-refractivity contribution in [2.75, 3.05) is 33.4 Å². The maximum Gasteiger partial charge on any atom is 0.573 e. The molecule has 2 heterocycles. The number of amides is 1. The zero-order valence-electron chi connectivity index (χ0n) is 14.0. The van der Waals surface area contributed by atoms with Gasteiger partial charge in [-0.3, -0.25) is 9.69 Å². The Labute approximate surface area is 144 Å². The van der Waals surface area contributed by atoms with E-state index in [1.165, 1.54) is 12.1 Å². The molecule has 2 aliphatic heterocycles. The Morgan fingerprint density at radius 2 is 1.84 bits per heavy atom. The smallest absolute Gasteiger partial charge is 0.406 e. The van der Waals surface area contributed by atoms with Crippen molar-refractivity contribution in [2.24, 2.45) is 0 Å². The monoisotopic (exact) mass is 358 g/mol.